The lowest BCUT2D eigenvalue weighted by Crippen LogP contribution is -2.29. The summed E-state index contributed by atoms with van der Waals surface area (Å²) in [5, 5.41) is 0. The van der Waals surface area contributed by atoms with E-state index in [4.69, 9.17) is 5.48 Å². The third kappa shape index (κ3) is 2.45. The van der Waals surface area contributed by atoms with Crippen molar-refractivity contribution in [1.82, 2.24) is 4.57 Å². The molecule has 3 aromatic rings. The van der Waals surface area contributed by atoms with E-state index in [9.17, 15) is 0 Å². The Bertz CT molecular complexity index is 939. The molecule has 1 heterocycles. The van der Waals surface area contributed by atoms with Crippen molar-refractivity contribution in [2.24, 2.45) is 7.05 Å². The van der Waals surface area contributed by atoms with Crippen LogP contribution in [0.3, 0.4) is 0 Å². The monoisotopic (exact) mass is 295 g/mol. The van der Waals surface area contributed by atoms with Crippen molar-refractivity contribution >= 4 is 0 Å². The number of hydrogen-bond donors (Lipinski definition) is 0. The molecule has 0 amide bonds. The van der Waals surface area contributed by atoms with Gasteiger partial charge in [-0.3, -0.25) is 0 Å². The van der Waals surface area contributed by atoms with Crippen molar-refractivity contribution in [3.63, 3.8) is 0 Å². The number of aryl methyl sites for hydroxylation is 2. The fraction of sp³-hybridized carbons (Fsp3) is 0.250. The van der Waals surface area contributed by atoms with Gasteiger partial charge in [0, 0.05) is 11.0 Å². The molecule has 0 aliphatic rings. The summed E-state index contributed by atoms with van der Waals surface area (Å²) in [7, 11) is 1.96. The van der Waals surface area contributed by atoms with Gasteiger partial charge < -0.3 is 0 Å². The topological polar surface area (TPSA) is 8.81 Å². The Hall–Kier alpha value is -2.35. The van der Waals surface area contributed by atoms with E-state index in [0.29, 0.717) is 11.3 Å². The fourth-order valence-corrected chi connectivity index (χ4v) is 2.82. The van der Waals surface area contributed by atoms with Gasteiger partial charge in [-0.2, -0.15) is 4.57 Å². The van der Waals surface area contributed by atoms with E-state index in [-0.39, 0.29) is 0 Å². The summed E-state index contributed by atoms with van der Waals surface area (Å²) in [6.45, 7) is 1.08. The first-order valence-electron chi connectivity index (χ1n) is 9.37. The van der Waals surface area contributed by atoms with Gasteiger partial charge in [-0.05, 0) is 30.5 Å². The van der Waals surface area contributed by atoms with Crippen LogP contribution in [-0.2, 0) is 7.05 Å². The Morgan fingerprint density at radius 2 is 1.86 bits per heavy atom. The number of rotatable bonds is 3. The van der Waals surface area contributed by atoms with E-state index in [1.807, 2.05) is 58.9 Å². The minimum Gasteiger partial charge on any atom is -0.232 e. The summed E-state index contributed by atoms with van der Waals surface area (Å²) in [4.78, 5) is 0. The fourth-order valence-electron chi connectivity index (χ4n) is 2.82. The maximum absolute atomic E-state index is 8.55. The van der Waals surface area contributed by atoms with Crippen molar-refractivity contribution in [1.29, 1.82) is 0 Å². The molecular formula is C20H23N2+. The standard InChI is InChI=1S/C20H23N2/c1-15(2)17-10-7-8-12-19(17)22-14-13-21(4)20(22)18-11-6-5-9-16(18)3/h5-15H,1-4H3/q+1/i1D3,15D. The van der Waals surface area contributed by atoms with Crippen LogP contribution in [0.1, 0.15) is 36.3 Å². The molecule has 0 saturated heterocycles. The van der Waals surface area contributed by atoms with Crippen molar-refractivity contribution in [3.8, 4) is 17.1 Å². The lowest BCUT2D eigenvalue weighted by molar-refractivity contribution is -0.659. The second-order valence-electron chi connectivity index (χ2n) is 5.56. The van der Waals surface area contributed by atoms with E-state index >= 15 is 0 Å². The number of imidazole rings is 1. The summed E-state index contributed by atoms with van der Waals surface area (Å²) in [5.41, 5.74) is 3.38. The Labute approximate surface area is 138 Å². The third-order valence-electron chi connectivity index (χ3n) is 3.96. The number of para-hydroxylation sites is 1. The van der Waals surface area contributed by atoms with Gasteiger partial charge in [0.15, 0.2) is 0 Å². The first-order chi connectivity index (χ1) is 12.1. The maximum Gasteiger partial charge on any atom is 0.294 e. The van der Waals surface area contributed by atoms with Crippen LogP contribution in [0.4, 0.5) is 0 Å². The van der Waals surface area contributed by atoms with Crippen LogP contribution in [0.2, 0.25) is 0 Å². The Balaban J connectivity index is 2.28. The van der Waals surface area contributed by atoms with Crippen molar-refractivity contribution < 1.29 is 10.1 Å². The van der Waals surface area contributed by atoms with Gasteiger partial charge in [0.05, 0.1) is 12.6 Å². The molecular weight excluding hydrogens is 268 g/mol. The summed E-state index contributed by atoms with van der Waals surface area (Å²) < 4.78 is 36.0. The first-order valence-corrected chi connectivity index (χ1v) is 7.37. The summed E-state index contributed by atoms with van der Waals surface area (Å²) >= 11 is 0. The average molecular weight is 295 g/mol. The highest BCUT2D eigenvalue weighted by Gasteiger charge is 2.22. The van der Waals surface area contributed by atoms with Crippen LogP contribution in [0, 0.1) is 6.92 Å². The Kier molecular flexibility index (Phi) is 2.74. The predicted octanol–water partition coefficient (Wildman–Crippen LogP) is 4.40. The van der Waals surface area contributed by atoms with E-state index < -0.39 is 12.7 Å². The number of hydrogen-bond acceptors (Lipinski definition) is 0. The molecule has 0 N–H and O–H groups in total. The van der Waals surface area contributed by atoms with E-state index in [0.717, 1.165) is 17.0 Å². The van der Waals surface area contributed by atoms with Gasteiger partial charge in [0.2, 0.25) is 0 Å². The zero-order chi connectivity index (χ0) is 19.1. The second-order valence-corrected chi connectivity index (χ2v) is 5.56. The molecule has 112 valence electrons. The molecule has 3 rings (SSSR count). The molecule has 0 spiro atoms. The number of aromatic nitrogens is 2. The summed E-state index contributed by atoms with van der Waals surface area (Å²) in [6.07, 6.45) is 3.85. The molecule has 0 radical (unpaired) electrons. The largest absolute Gasteiger partial charge is 0.294 e. The normalized spacial score (nSPS) is 17.0. The molecule has 0 fully saturated rings. The average Bonchev–Trinajstić information content (AvgIpc) is 2.95. The van der Waals surface area contributed by atoms with Crippen molar-refractivity contribution in [3.05, 3.63) is 72.1 Å². The van der Waals surface area contributed by atoms with Gasteiger partial charge in [-0.15, -0.1) is 0 Å². The molecule has 0 saturated carbocycles. The molecule has 1 atom stereocenters. The van der Waals surface area contributed by atoms with Gasteiger partial charge in [-0.25, -0.2) is 4.57 Å². The minimum absolute atomic E-state index is 0.478. The molecule has 0 aliphatic carbocycles. The summed E-state index contributed by atoms with van der Waals surface area (Å²) in [5.74, 6) is -0.771. The van der Waals surface area contributed by atoms with E-state index in [1.54, 1.807) is 12.1 Å². The van der Waals surface area contributed by atoms with Gasteiger partial charge in [0.25, 0.3) is 5.82 Å². The smallest absolute Gasteiger partial charge is 0.232 e. The van der Waals surface area contributed by atoms with E-state index in [1.165, 1.54) is 6.92 Å². The van der Waals surface area contributed by atoms with Crippen molar-refractivity contribution in [2.75, 3.05) is 0 Å². The third-order valence-corrected chi connectivity index (χ3v) is 3.96. The van der Waals surface area contributed by atoms with Crippen LogP contribution in [0.5, 0.6) is 0 Å². The van der Waals surface area contributed by atoms with Gasteiger partial charge in [0.1, 0.15) is 18.1 Å². The van der Waals surface area contributed by atoms with Gasteiger partial charge in [-0.1, -0.05) is 50.2 Å². The molecule has 2 heteroatoms. The first kappa shape index (κ1) is 10.4. The van der Waals surface area contributed by atoms with Crippen LogP contribution >= 0.6 is 0 Å². The number of nitrogens with zero attached hydrogens (tertiary/aromatic N) is 2. The predicted molar refractivity (Wildman–Crippen MR) is 91.2 cm³/mol. The van der Waals surface area contributed by atoms with Crippen LogP contribution in [0.15, 0.2) is 60.9 Å². The highest BCUT2D eigenvalue weighted by Crippen LogP contribution is 2.28. The van der Waals surface area contributed by atoms with E-state index in [2.05, 4.69) is 13.0 Å². The molecule has 1 unspecified atom stereocenters. The molecule has 1 aromatic heterocycles. The quantitative estimate of drug-likeness (QED) is 0.633. The molecule has 2 aromatic carbocycles. The highest BCUT2D eigenvalue weighted by molar-refractivity contribution is 5.61. The Morgan fingerprint density at radius 1 is 1.14 bits per heavy atom. The van der Waals surface area contributed by atoms with Crippen LogP contribution < -0.4 is 4.57 Å². The van der Waals surface area contributed by atoms with Crippen LogP contribution in [-0.4, -0.2) is 4.57 Å². The lowest BCUT2D eigenvalue weighted by Gasteiger charge is -2.12. The number of benzene rings is 2. The zero-order valence-corrected chi connectivity index (χ0v) is 13.2. The summed E-state index contributed by atoms with van der Waals surface area (Å²) in [6, 6.07) is 15.3. The van der Waals surface area contributed by atoms with Crippen molar-refractivity contribution in [2.45, 2.75) is 26.6 Å². The minimum atomic E-state index is -2.43. The zero-order valence-electron chi connectivity index (χ0n) is 17.2. The van der Waals surface area contributed by atoms with Gasteiger partial charge >= 0.3 is 0 Å². The Morgan fingerprint density at radius 3 is 2.64 bits per heavy atom. The molecule has 2 nitrogen and oxygen atoms in total. The highest BCUT2D eigenvalue weighted by atomic mass is 15.1. The lowest BCUT2D eigenvalue weighted by atomic mass is 10.0. The molecule has 22 heavy (non-hydrogen) atoms. The molecule has 0 aliphatic heterocycles. The SMILES string of the molecule is [2H]C([2H])([2H])C([2H])(C)c1ccccc1-n1cc[n+](C)c1-c1ccccc1C. The maximum atomic E-state index is 8.55. The van der Waals surface area contributed by atoms with Crippen LogP contribution in [0.25, 0.3) is 17.1 Å². The molecule has 0 bridgehead atoms. The second kappa shape index (κ2) is 5.80.